The van der Waals surface area contributed by atoms with Gasteiger partial charge in [0.05, 0.1) is 0 Å². The van der Waals surface area contributed by atoms with Gasteiger partial charge in [-0.3, -0.25) is 4.57 Å². The lowest BCUT2D eigenvalue weighted by molar-refractivity contribution is 0.628. The Labute approximate surface area is 103 Å². The molecule has 1 aromatic heterocycles. The van der Waals surface area contributed by atoms with E-state index < -0.39 is 0 Å². The molecule has 0 radical (unpaired) electrons. The molecule has 0 aliphatic carbocycles. The maximum absolute atomic E-state index is 12.8. The highest BCUT2D eigenvalue weighted by Gasteiger charge is 2.13. The molecule has 1 aromatic carbocycles. The van der Waals surface area contributed by atoms with Gasteiger partial charge in [0, 0.05) is 19.8 Å². The zero-order valence-electron chi connectivity index (χ0n) is 9.88. The topological polar surface area (TPSA) is 34.0 Å². The molecule has 90 valence electrons. The second-order valence-corrected chi connectivity index (χ2v) is 4.35. The molecule has 0 spiro atoms. The number of aromatic nitrogens is 3. The Bertz CT molecular complexity index is 509. The zero-order chi connectivity index (χ0) is 12.4. The van der Waals surface area contributed by atoms with Gasteiger partial charge in [-0.15, -0.1) is 10.2 Å². The number of thioether (sulfide) groups is 1. The molecule has 0 saturated carbocycles. The Kier molecular flexibility index (Phi) is 3.33. The van der Waals surface area contributed by atoms with Crippen LogP contribution < -0.4 is 4.90 Å². The van der Waals surface area contributed by atoms with Gasteiger partial charge < -0.3 is 4.90 Å². The molecule has 1 heterocycles. The Morgan fingerprint density at radius 2 is 1.88 bits per heavy atom. The maximum atomic E-state index is 12.8. The molecule has 0 aliphatic heterocycles. The van der Waals surface area contributed by atoms with Gasteiger partial charge in [0.2, 0.25) is 5.95 Å². The van der Waals surface area contributed by atoms with E-state index in [9.17, 15) is 4.39 Å². The molecule has 0 fully saturated rings. The minimum Gasteiger partial charge on any atom is -0.314 e. The van der Waals surface area contributed by atoms with Gasteiger partial charge in [-0.05, 0) is 30.5 Å². The van der Waals surface area contributed by atoms with Crippen molar-refractivity contribution in [2.24, 2.45) is 7.05 Å². The number of halogens is 1. The number of hydrogen-bond donors (Lipinski definition) is 0. The van der Waals surface area contributed by atoms with Crippen molar-refractivity contribution in [2.75, 3.05) is 18.2 Å². The van der Waals surface area contributed by atoms with Crippen LogP contribution in [0.4, 0.5) is 16.0 Å². The fourth-order valence-corrected chi connectivity index (χ4v) is 2.04. The molecule has 2 aromatic rings. The highest BCUT2D eigenvalue weighted by Crippen LogP contribution is 2.24. The third-order valence-electron chi connectivity index (χ3n) is 2.51. The van der Waals surface area contributed by atoms with Gasteiger partial charge in [0.25, 0.3) is 0 Å². The van der Waals surface area contributed by atoms with Crippen molar-refractivity contribution in [1.82, 2.24) is 14.8 Å². The van der Waals surface area contributed by atoms with E-state index in [0.717, 1.165) is 16.8 Å². The molecule has 0 N–H and O–H groups in total. The van der Waals surface area contributed by atoms with Crippen LogP contribution in [-0.2, 0) is 7.05 Å². The number of hydrogen-bond acceptors (Lipinski definition) is 4. The first-order valence-corrected chi connectivity index (χ1v) is 6.28. The van der Waals surface area contributed by atoms with E-state index in [0.29, 0.717) is 0 Å². The first-order valence-electron chi connectivity index (χ1n) is 5.06. The van der Waals surface area contributed by atoms with Crippen LogP contribution in [0.25, 0.3) is 0 Å². The third-order valence-corrected chi connectivity index (χ3v) is 3.23. The first-order chi connectivity index (χ1) is 8.13. The largest absolute Gasteiger partial charge is 0.314 e. The summed E-state index contributed by atoms with van der Waals surface area (Å²) < 4.78 is 14.7. The van der Waals surface area contributed by atoms with Crippen molar-refractivity contribution >= 4 is 23.4 Å². The lowest BCUT2D eigenvalue weighted by Gasteiger charge is -2.17. The molecule has 0 unspecified atom stereocenters. The van der Waals surface area contributed by atoms with E-state index in [-0.39, 0.29) is 5.82 Å². The van der Waals surface area contributed by atoms with Crippen LogP contribution in [0.1, 0.15) is 0 Å². The van der Waals surface area contributed by atoms with E-state index >= 15 is 0 Å². The summed E-state index contributed by atoms with van der Waals surface area (Å²) >= 11 is 1.53. The lowest BCUT2D eigenvalue weighted by atomic mass is 10.3. The molecular formula is C11H13FN4S. The monoisotopic (exact) mass is 252 g/mol. The van der Waals surface area contributed by atoms with Crippen LogP contribution in [0.3, 0.4) is 0 Å². The van der Waals surface area contributed by atoms with Crippen molar-refractivity contribution in [1.29, 1.82) is 0 Å². The van der Waals surface area contributed by atoms with Crippen molar-refractivity contribution in [3.63, 3.8) is 0 Å². The van der Waals surface area contributed by atoms with Crippen LogP contribution in [0.5, 0.6) is 0 Å². The van der Waals surface area contributed by atoms with Gasteiger partial charge in [0.15, 0.2) is 5.16 Å². The summed E-state index contributed by atoms with van der Waals surface area (Å²) in [5.41, 5.74) is 0.870. The molecule has 0 bridgehead atoms. The summed E-state index contributed by atoms with van der Waals surface area (Å²) in [6.07, 6.45) is 1.95. The summed E-state index contributed by atoms with van der Waals surface area (Å²) in [6.45, 7) is 0. The van der Waals surface area contributed by atoms with Gasteiger partial charge >= 0.3 is 0 Å². The third kappa shape index (κ3) is 2.26. The predicted molar refractivity (Wildman–Crippen MR) is 67.2 cm³/mol. The van der Waals surface area contributed by atoms with Gasteiger partial charge in [-0.2, -0.15) is 0 Å². The van der Waals surface area contributed by atoms with Crippen LogP contribution >= 0.6 is 11.8 Å². The average molecular weight is 252 g/mol. The summed E-state index contributed by atoms with van der Waals surface area (Å²) in [7, 11) is 3.78. The minimum atomic E-state index is -0.245. The van der Waals surface area contributed by atoms with Crippen LogP contribution in [0.2, 0.25) is 0 Å². The Balaban J connectivity index is 2.33. The summed E-state index contributed by atoms with van der Waals surface area (Å²) in [5, 5.41) is 9.01. The molecule has 0 atom stereocenters. The fraction of sp³-hybridized carbons (Fsp3) is 0.273. The number of anilines is 2. The number of rotatable bonds is 3. The SMILES string of the molecule is CSc1nnc(N(C)c2ccc(F)cc2)n1C. The average Bonchev–Trinajstić information content (AvgIpc) is 2.70. The molecular weight excluding hydrogens is 239 g/mol. The zero-order valence-corrected chi connectivity index (χ0v) is 10.7. The van der Waals surface area contributed by atoms with E-state index in [1.165, 1.54) is 23.9 Å². The van der Waals surface area contributed by atoms with Crippen LogP contribution in [0, 0.1) is 5.82 Å². The quantitative estimate of drug-likeness (QED) is 0.786. The molecule has 6 heteroatoms. The smallest absolute Gasteiger partial charge is 0.231 e. The van der Waals surface area contributed by atoms with Crippen molar-refractivity contribution in [3.05, 3.63) is 30.1 Å². The fourth-order valence-electron chi connectivity index (χ4n) is 1.56. The highest BCUT2D eigenvalue weighted by molar-refractivity contribution is 7.98. The van der Waals surface area contributed by atoms with Crippen molar-refractivity contribution in [3.8, 4) is 0 Å². The minimum absolute atomic E-state index is 0.245. The molecule has 2 rings (SSSR count). The normalized spacial score (nSPS) is 10.6. The van der Waals surface area contributed by atoms with Crippen LogP contribution in [-0.4, -0.2) is 28.1 Å². The van der Waals surface area contributed by atoms with Crippen LogP contribution in [0.15, 0.2) is 29.4 Å². The standard InChI is InChI=1S/C11H13FN4S/c1-15(9-6-4-8(12)5-7-9)10-13-14-11(17-3)16(10)2/h4-7H,1-3H3. The molecule has 0 saturated heterocycles. The Morgan fingerprint density at radius 3 is 2.41 bits per heavy atom. The van der Waals surface area contributed by atoms with E-state index in [1.54, 1.807) is 12.1 Å². The van der Waals surface area contributed by atoms with E-state index in [1.807, 2.05) is 29.8 Å². The van der Waals surface area contributed by atoms with Gasteiger partial charge in [0.1, 0.15) is 5.82 Å². The van der Waals surface area contributed by atoms with Gasteiger partial charge in [-0.25, -0.2) is 4.39 Å². The number of nitrogens with zero attached hydrogens (tertiary/aromatic N) is 4. The lowest BCUT2D eigenvalue weighted by Crippen LogP contribution is -2.14. The molecule has 0 amide bonds. The predicted octanol–water partition coefficient (Wildman–Crippen LogP) is 2.44. The first kappa shape index (κ1) is 11.9. The molecule has 0 aliphatic rings. The summed E-state index contributed by atoms with van der Waals surface area (Å²) in [5.74, 6) is 0.478. The second-order valence-electron chi connectivity index (χ2n) is 3.58. The van der Waals surface area contributed by atoms with E-state index in [4.69, 9.17) is 0 Å². The van der Waals surface area contributed by atoms with Crippen molar-refractivity contribution in [2.45, 2.75) is 5.16 Å². The molecule has 17 heavy (non-hydrogen) atoms. The van der Waals surface area contributed by atoms with Gasteiger partial charge in [-0.1, -0.05) is 11.8 Å². The summed E-state index contributed by atoms with van der Waals surface area (Å²) in [6, 6.07) is 6.28. The number of benzene rings is 1. The van der Waals surface area contributed by atoms with E-state index in [2.05, 4.69) is 10.2 Å². The highest BCUT2D eigenvalue weighted by atomic mass is 32.2. The Hall–Kier alpha value is -1.56. The maximum Gasteiger partial charge on any atom is 0.231 e. The molecule has 4 nitrogen and oxygen atoms in total. The van der Waals surface area contributed by atoms with Crippen molar-refractivity contribution < 1.29 is 4.39 Å². The Morgan fingerprint density at radius 1 is 1.24 bits per heavy atom. The summed E-state index contributed by atoms with van der Waals surface area (Å²) in [4.78, 5) is 1.87. The second kappa shape index (κ2) is 4.75.